The Morgan fingerprint density at radius 1 is 1.04 bits per heavy atom. The molecule has 1 saturated heterocycles. The molecule has 0 bridgehead atoms. The summed E-state index contributed by atoms with van der Waals surface area (Å²) in [5.41, 5.74) is 4.45. The van der Waals surface area contributed by atoms with E-state index in [4.69, 9.17) is 5.10 Å². The molecule has 5 heteroatoms. The van der Waals surface area contributed by atoms with Gasteiger partial charge in [0.2, 0.25) is 0 Å². The van der Waals surface area contributed by atoms with E-state index < -0.39 is 0 Å². The molecule has 3 aromatic rings. The second-order valence-corrected chi connectivity index (χ2v) is 7.51. The Morgan fingerprint density at radius 2 is 1.80 bits per heavy atom. The van der Waals surface area contributed by atoms with Gasteiger partial charge >= 0.3 is 0 Å². The maximum absolute atomic E-state index is 4.86. The van der Waals surface area contributed by atoms with E-state index in [0.29, 0.717) is 6.04 Å². The van der Waals surface area contributed by atoms with Crippen LogP contribution in [0.1, 0.15) is 18.4 Å². The number of nitrogens with one attached hydrogen (secondary N) is 1. The van der Waals surface area contributed by atoms with Crippen LogP contribution >= 0.6 is 11.8 Å². The van der Waals surface area contributed by atoms with Crippen LogP contribution in [0.5, 0.6) is 0 Å². The fourth-order valence-electron chi connectivity index (χ4n) is 3.16. The quantitative estimate of drug-likeness (QED) is 0.757. The Balaban J connectivity index is 1.62. The molecule has 0 unspecified atom stereocenters. The van der Waals surface area contributed by atoms with Gasteiger partial charge in [0.05, 0.1) is 11.4 Å². The Hall–Kier alpha value is -2.11. The van der Waals surface area contributed by atoms with Crippen LogP contribution in [-0.4, -0.2) is 32.3 Å². The SMILES string of the molecule is c1ccc(-n2cc(CNC3CCSCC3)c(-c3ccncc3)n2)cc1. The molecule has 1 aliphatic heterocycles. The average Bonchev–Trinajstić information content (AvgIpc) is 3.13. The molecule has 1 fully saturated rings. The lowest BCUT2D eigenvalue weighted by molar-refractivity contribution is 0.482. The average molecular weight is 350 g/mol. The second kappa shape index (κ2) is 7.85. The molecule has 0 radical (unpaired) electrons. The molecule has 4 nitrogen and oxygen atoms in total. The van der Waals surface area contributed by atoms with Crippen molar-refractivity contribution in [2.75, 3.05) is 11.5 Å². The first kappa shape index (κ1) is 16.4. The third kappa shape index (κ3) is 3.94. The van der Waals surface area contributed by atoms with E-state index in [2.05, 4.69) is 40.4 Å². The Bertz CT molecular complexity index is 795. The molecule has 3 heterocycles. The monoisotopic (exact) mass is 350 g/mol. The van der Waals surface area contributed by atoms with E-state index in [1.807, 2.05) is 47.4 Å². The fourth-order valence-corrected chi connectivity index (χ4v) is 4.27. The number of hydrogen-bond acceptors (Lipinski definition) is 4. The Labute approximate surface area is 152 Å². The lowest BCUT2D eigenvalue weighted by atomic mass is 10.1. The number of aromatic nitrogens is 3. The lowest BCUT2D eigenvalue weighted by Crippen LogP contribution is -2.32. The van der Waals surface area contributed by atoms with E-state index in [9.17, 15) is 0 Å². The Morgan fingerprint density at radius 3 is 2.56 bits per heavy atom. The van der Waals surface area contributed by atoms with Crippen molar-refractivity contribution in [3.05, 3.63) is 66.6 Å². The standard InChI is InChI=1S/C20H22N4S/c1-2-4-19(5-3-1)24-15-17(14-22-18-8-12-25-13-9-18)20(23-24)16-6-10-21-11-7-16/h1-7,10-11,15,18,22H,8-9,12-14H2. The molecule has 25 heavy (non-hydrogen) atoms. The zero-order valence-electron chi connectivity index (χ0n) is 14.1. The van der Waals surface area contributed by atoms with E-state index in [1.54, 1.807) is 0 Å². The summed E-state index contributed by atoms with van der Waals surface area (Å²) >= 11 is 2.06. The molecular formula is C20H22N4S. The van der Waals surface area contributed by atoms with Gasteiger partial charge in [0, 0.05) is 42.3 Å². The predicted molar refractivity (Wildman–Crippen MR) is 104 cm³/mol. The van der Waals surface area contributed by atoms with Crippen molar-refractivity contribution >= 4 is 11.8 Å². The number of rotatable bonds is 5. The second-order valence-electron chi connectivity index (χ2n) is 6.29. The van der Waals surface area contributed by atoms with Gasteiger partial charge in [-0.15, -0.1) is 0 Å². The summed E-state index contributed by atoms with van der Waals surface area (Å²) in [7, 11) is 0. The van der Waals surface area contributed by atoms with E-state index >= 15 is 0 Å². The van der Waals surface area contributed by atoms with Gasteiger partial charge in [0.15, 0.2) is 0 Å². The molecule has 2 aromatic heterocycles. The van der Waals surface area contributed by atoms with E-state index in [-0.39, 0.29) is 0 Å². The summed E-state index contributed by atoms with van der Waals surface area (Å²) < 4.78 is 1.98. The summed E-state index contributed by atoms with van der Waals surface area (Å²) in [6.45, 7) is 0.847. The normalized spacial score (nSPS) is 15.4. The number of benzene rings is 1. The highest BCUT2D eigenvalue weighted by atomic mass is 32.2. The van der Waals surface area contributed by atoms with E-state index in [0.717, 1.165) is 23.5 Å². The zero-order chi connectivity index (χ0) is 16.9. The maximum atomic E-state index is 4.86. The van der Waals surface area contributed by atoms with Crippen LogP contribution in [0.15, 0.2) is 61.1 Å². The topological polar surface area (TPSA) is 42.7 Å². The Kier molecular flexibility index (Phi) is 5.14. The van der Waals surface area contributed by atoms with Crippen LogP contribution in [0.2, 0.25) is 0 Å². The minimum Gasteiger partial charge on any atom is -0.310 e. The molecule has 0 saturated carbocycles. The van der Waals surface area contributed by atoms with Crippen molar-refractivity contribution in [2.45, 2.75) is 25.4 Å². The van der Waals surface area contributed by atoms with Crippen molar-refractivity contribution in [3.8, 4) is 16.9 Å². The molecule has 0 spiro atoms. The number of nitrogens with zero attached hydrogens (tertiary/aromatic N) is 3. The largest absolute Gasteiger partial charge is 0.310 e. The van der Waals surface area contributed by atoms with Crippen molar-refractivity contribution in [1.29, 1.82) is 0 Å². The highest BCUT2D eigenvalue weighted by Crippen LogP contribution is 2.24. The highest BCUT2D eigenvalue weighted by molar-refractivity contribution is 7.99. The number of pyridine rings is 1. The summed E-state index contributed by atoms with van der Waals surface area (Å²) in [5, 5.41) is 8.59. The molecule has 1 N–H and O–H groups in total. The number of hydrogen-bond donors (Lipinski definition) is 1. The van der Waals surface area contributed by atoms with Crippen LogP contribution in [0.3, 0.4) is 0 Å². The molecular weight excluding hydrogens is 328 g/mol. The van der Waals surface area contributed by atoms with Gasteiger partial charge < -0.3 is 5.32 Å². The first-order valence-corrected chi connectivity index (χ1v) is 9.91. The summed E-state index contributed by atoms with van der Waals surface area (Å²) in [4.78, 5) is 4.13. The first-order valence-electron chi connectivity index (χ1n) is 8.75. The van der Waals surface area contributed by atoms with Crippen LogP contribution in [0.4, 0.5) is 0 Å². The summed E-state index contributed by atoms with van der Waals surface area (Å²) in [5.74, 6) is 2.52. The zero-order valence-corrected chi connectivity index (χ0v) is 15.0. The molecule has 0 atom stereocenters. The van der Waals surface area contributed by atoms with Crippen molar-refractivity contribution in [1.82, 2.24) is 20.1 Å². The fraction of sp³-hybridized carbons (Fsp3) is 0.300. The predicted octanol–water partition coefficient (Wildman–Crippen LogP) is 3.92. The third-order valence-electron chi connectivity index (χ3n) is 4.57. The minimum atomic E-state index is 0.617. The lowest BCUT2D eigenvalue weighted by Gasteiger charge is -2.22. The van der Waals surface area contributed by atoms with Gasteiger partial charge in [-0.05, 0) is 48.6 Å². The molecule has 1 aromatic carbocycles. The molecule has 0 aliphatic carbocycles. The summed E-state index contributed by atoms with van der Waals surface area (Å²) in [6.07, 6.45) is 8.30. The number of thioether (sulfide) groups is 1. The smallest absolute Gasteiger partial charge is 0.0973 e. The van der Waals surface area contributed by atoms with Crippen LogP contribution in [-0.2, 0) is 6.54 Å². The van der Waals surface area contributed by atoms with Crippen LogP contribution in [0, 0.1) is 0 Å². The van der Waals surface area contributed by atoms with Crippen molar-refractivity contribution in [3.63, 3.8) is 0 Å². The van der Waals surface area contributed by atoms with Gasteiger partial charge in [0.1, 0.15) is 0 Å². The summed E-state index contributed by atoms with van der Waals surface area (Å²) in [6, 6.07) is 14.9. The molecule has 0 amide bonds. The van der Waals surface area contributed by atoms with Gasteiger partial charge in [-0.2, -0.15) is 16.9 Å². The van der Waals surface area contributed by atoms with Gasteiger partial charge in [-0.3, -0.25) is 4.98 Å². The maximum Gasteiger partial charge on any atom is 0.0973 e. The molecule has 1 aliphatic rings. The van der Waals surface area contributed by atoms with Crippen molar-refractivity contribution in [2.24, 2.45) is 0 Å². The number of para-hydroxylation sites is 1. The first-order chi connectivity index (χ1) is 12.4. The molecule has 4 rings (SSSR count). The van der Waals surface area contributed by atoms with E-state index in [1.165, 1.54) is 29.9 Å². The minimum absolute atomic E-state index is 0.617. The highest BCUT2D eigenvalue weighted by Gasteiger charge is 2.16. The van der Waals surface area contributed by atoms with Crippen LogP contribution < -0.4 is 5.32 Å². The van der Waals surface area contributed by atoms with Crippen molar-refractivity contribution < 1.29 is 0 Å². The van der Waals surface area contributed by atoms with Crippen LogP contribution in [0.25, 0.3) is 16.9 Å². The molecule has 128 valence electrons. The van der Waals surface area contributed by atoms with Gasteiger partial charge in [-0.25, -0.2) is 4.68 Å². The van der Waals surface area contributed by atoms with Gasteiger partial charge in [0.25, 0.3) is 0 Å². The third-order valence-corrected chi connectivity index (χ3v) is 5.62. The van der Waals surface area contributed by atoms with Gasteiger partial charge in [-0.1, -0.05) is 18.2 Å².